The van der Waals surface area contributed by atoms with Crippen molar-refractivity contribution in [3.8, 4) is 0 Å². The quantitative estimate of drug-likeness (QED) is 0.463. The van der Waals surface area contributed by atoms with Crippen molar-refractivity contribution in [2.24, 2.45) is 0 Å². The van der Waals surface area contributed by atoms with Crippen LogP contribution in [0.1, 0.15) is 17.6 Å². The highest BCUT2D eigenvalue weighted by Gasteiger charge is 2.41. The Morgan fingerprint density at radius 1 is 1.29 bits per heavy atom. The molecule has 0 saturated carbocycles. The smallest absolute Gasteiger partial charge is 0.258 e. The van der Waals surface area contributed by atoms with Gasteiger partial charge in [-0.15, -0.1) is 0 Å². The van der Waals surface area contributed by atoms with E-state index in [9.17, 15) is 32.1 Å². The van der Waals surface area contributed by atoms with Gasteiger partial charge in [-0.1, -0.05) is 15.9 Å². The van der Waals surface area contributed by atoms with Gasteiger partial charge >= 0.3 is 6.18 Å². The van der Waals surface area contributed by atoms with Gasteiger partial charge in [-0.05, 0) is 6.07 Å². The third kappa shape index (κ3) is 2.71. The first-order valence-corrected chi connectivity index (χ1v) is 4.77. The van der Waals surface area contributed by atoms with E-state index in [0.29, 0.717) is 12.1 Å². The van der Waals surface area contributed by atoms with Gasteiger partial charge in [-0.2, -0.15) is 13.2 Å². The maximum atomic E-state index is 12.5. The zero-order valence-electron chi connectivity index (χ0n) is 7.76. The van der Waals surface area contributed by atoms with Gasteiger partial charge in [0.25, 0.3) is 12.1 Å². The highest BCUT2D eigenvalue weighted by Crippen LogP contribution is 2.44. The molecule has 0 aromatic heterocycles. The maximum absolute atomic E-state index is 12.5. The van der Waals surface area contributed by atoms with Crippen LogP contribution >= 0.6 is 15.9 Å². The second-order valence-corrected chi connectivity index (χ2v) is 3.77. The monoisotopic (exact) mass is 319 g/mol. The summed E-state index contributed by atoms with van der Waals surface area (Å²) >= 11 is 2.46. The SMILES string of the molecule is O=[N+]([O-])c1ccc(Br)c(C(F)(F)F)c1C(F)F. The molecule has 0 atom stereocenters. The second-order valence-electron chi connectivity index (χ2n) is 2.91. The first kappa shape index (κ1) is 13.8. The molecule has 0 amide bonds. The number of hydrogen-bond acceptors (Lipinski definition) is 2. The van der Waals surface area contributed by atoms with E-state index in [1.807, 2.05) is 0 Å². The summed E-state index contributed by atoms with van der Waals surface area (Å²) in [6.07, 6.45) is -8.69. The molecule has 94 valence electrons. The number of benzene rings is 1. The molecule has 9 heteroatoms. The summed E-state index contributed by atoms with van der Waals surface area (Å²) in [5.41, 5.74) is -4.60. The molecule has 17 heavy (non-hydrogen) atoms. The van der Waals surface area contributed by atoms with Crippen molar-refractivity contribution in [3.05, 3.63) is 37.8 Å². The molecular formula is C8H3BrF5NO2. The lowest BCUT2D eigenvalue weighted by Crippen LogP contribution is -2.12. The van der Waals surface area contributed by atoms with Gasteiger partial charge in [0, 0.05) is 10.5 Å². The third-order valence-electron chi connectivity index (χ3n) is 1.87. The van der Waals surface area contributed by atoms with Crippen molar-refractivity contribution in [2.75, 3.05) is 0 Å². The van der Waals surface area contributed by atoms with Crippen LogP contribution in [-0.4, -0.2) is 4.92 Å². The number of rotatable bonds is 2. The van der Waals surface area contributed by atoms with Crippen molar-refractivity contribution in [2.45, 2.75) is 12.6 Å². The molecule has 0 fully saturated rings. The molecule has 0 aliphatic carbocycles. The average molecular weight is 320 g/mol. The van der Waals surface area contributed by atoms with Crippen molar-refractivity contribution in [1.82, 2.24) is 0 Å². The fourth-order valence-corrected chi connectivity index (χ4v) is 1.82. The summed E-state index contributed by atoms with van der Waals surface area (Å²) in [7, 11) is 0. The molecule has 0 N–H and O–H groups in total. The molecule has 0 radical (unpaired) electrons. The Hall–Kier alpha value is -1.25. The zero-order chi connectivity index (χ0) is 13.4. The van der Waals surface area contributed by atoms with Crippen LogP contribution in [0.15, 0.2) is 16.6 Å². The van der Waals surface area contributed by atoms with Crippen molar-refractivity contribution in [3.63, 3.8) is 0 Å². The van der Waals surface area contributed by atoms with Crippen LogP contribution < -0.4 is 0 Å². The lowest BCUT2D eigenvalue weighted by molar-refractivity contribution is -0.386. The molecule has 1 aromatic carbocycles. The molecular weight excluding hydrogens is 317 g/mol. The Morgan fingerprint density at radius 3 is 2.18 bits per heavy atom. The molecule has 0 aliphatic heterocycles. The molecule has 1 rings (SSSR count). The highest BCUT2D eigenvalue weighted by molar-refractivity contribution is 9.10. The average Bonchev–Trinajstić information content (AvgIpc) is 2.14. The number of halogens is 6. The summed E-state index contributed by atoms with van der Waals surface area (Å²) in [6, 6.07) is 1.31. The predicted molar refractivity (Wildman–Crippen MR) is 50.8 cm³/mol. The van der Waals surface area contributed by atoms with Gasteiger partial charge in [-0.25, -0.2) is 8.78 Å². The normalized spacial score (nSPS) is 11.9. The van der Waals surface area contributed by atoms with Gasteiger partial charge in [-0.3, -0.25) is 10.1 Å². The molecule has 0 bridgehead atoms. The van der Waals surface area contributed by atoms with Gasteiger partial charge in [0.2, 0.25) is 0 Å². The fraction of sp³-hybridized carbons (Fsp3) is 0.250. The van der Waals surface area contributed by atoms with E-state index in [0.717, 1.165) is 0 Å². The van der Waals surface area contributed by atoms with Crippen molar-refractivity contribution in [1.29, 1.82) is 0 Å². The largest absolute Gasteiger partial charge is 0.418 e. The van der Waals surface area contributed by atoms with Crippen molar-refractivity contribution >= 4 is 21.6 Å². The number of nitro benzene ring substituents is 1. The Labute approximate surface area is 99.5 Å². The lowest BCUT2D eigenvalue weighted by Gasteiger charge is -2.14. The van der Waals surface area contributed by atoms with Crippen LogP contribution in [0.3, 0.4) is 0 Å². The Kier molecular flexibility index (Phi) is 3.70. The minimum absolute atomic E-state index is 0.598. The van der Waals surface area contributed by atoms with Gasteiger partial charge in [0.1, 0.15) is 5.56 Å². The van der Waals surface area contributed by atoms with E-state index in [-0.39, 0.29) is 0 Å². The molecule has 0 spiro atoms. The van der Waals surface area contributed by atoms with Crippen LogP contribution in [0.2, 0.25) is 0 Å². The number of hydrogen-bond donors (Lipinski definition) is 0. The van der Waals surface area contributed by atoms with Crippen LogP contribution in [0, 0.1) is 10.1 Å². The van der Waals surface area contributed by atoms with Gasteiger partial charge < -0.3 is 0 Å². The third-order valence-corrected chi connectivity index (χ3v) is 2.53. The standard InChI is InChI=1S/C8H3BrF5NO2/c9-3-1-2-4(15(16)17)5(7(10)11)6(3)8(12,13)14/h1-2,7H. The van der Waals surface area contributed by atoms with E-state index in [4.69, 9.17) is 0 Å². The summed E-state index contributed by atoms with van der Waals surface area (Å²) in [4.78, 5) is 9.13. The van der Waals surface area contributed by atoms with E-state index in [1.54, 1.807) is 0 Å². The molecule has 0 saturated heterocycles. The van der Waals surface area contributed by atoms with E-state index in [2.05, 4.69) is 15.9 Å². The summed E-state index contributed by atoms with van der Waals surface area (Å²) < 4.78 is 62.0. The van der Waals surface area contributed by atoms with Gasteiger partial charge in [0.15, 0.2) is 0 Å². The first-order chi connectivity index (χ1) is 7.66. The van der Waals surface area contributed by atoms with Crippen LogP contribution in [0.25, 0.3) is 0 Å². The van der Waals surface area contributed by atoms with Crippen LogP contribution in [0.4, 0.5) is 27.6 Å². The van der Waals surface area contributed by atoms with Crippen LogP contribution in [0.5, 0.6) is 0 Å². The minimum atomic E-state index is -5.10. The topological polar surface area (TPSA) is 43.1 Å². The molecule has 0 heterocycles. The van der Waals surface area contributed by atoms with Crippen LogP contribution in [-0.2, 0) is 6.18 Å². The minimum Gasteiger partial charge on any atom is -0.258 e. The first-order valence-electron chi connectivity index (χ1n) is 3.98. The molecule has 0 unspecified atom stereocenters. The van der Waals surface area contributed by atoms with E-state index < -0.39 is 38.8 Å². The Balaban J connectivity index is 3.67. The summed E-state index contributed by atoms with van der Waals surface area (Å²) in [6.45, 7) is 0. The maximum Gasteiger partial charge on any atom is 0.418 e. The highest BCUT2D eigenvalue weighted by atomic mass is 79.9. The molecule has 1 aromatic rings. The lowest BCUT2D eigenvalue weighted by atomic mass is 10.1. The number of nitrogens with zero attached hydrogens (tertiary/aromatic N) is 1. The predicted octanol–water partition coefficient (Wildman–Crippen LogP) is 4.31. The van der Waals surface area contributed by atoms with Crippen molar-refractivity contribution < 1.29 is 26.9 Å². The number of alkyl halides is 5. The molecule has 0 aliphatic rings. The van der Waals surface area contributed by atoms with Gasteiger partial charge in [0.05, 0.1) is 10.5 Å². The second kappa shape index (κ2) is 4.55. The van der Waals surface area contributed by atoms with E-state index >= 15 is 0 Å². The summed E-state index contributed by atoms with van der Waals surface area (Å²) in [5, 5.41) is 10.4. The summed E-state index contributed by atoms with van der Waals surface area (Å²) in [5.74, 6) is 0. The Bertz CT molecular complexity index is 460. The molecule has 3 nitrogen and oxygen atoms in total. The zero-order valence-corrected chi connectivity index (χ0v) is 9.35. The Morgan fingerprint density at radius 2 is 1.82 bits per heavy atom. The fourth-order valence-electron chi connectivity index (χ4n) is 1.25. The number of nitro groups is 1. The van der Waals surface area contributed by atoms with E-state index in [1.165, 1.54) is 0 Å².